The van der Waals surface area contributed by atoms with E-state index < -0.39 is 6.03 Å². The van der Waals surface area contributed by atoms with Crippen molar-refractivity contribution in [1.82, 2.24) is 5.32 Å². The fraction of sp³-hybridized carbons (Fsp3) is 0.333. The van der Waals surface area contributed by atoms with Crippen molar-refractivity contribution in [3.63, 3.8) is 0 Å². The highest BCUT2D eigenvalue weighted by Gasteiger charge is 2.20. The SMILES string of the molecule is CCCNC(=O)c1cc(NC(=O)Nc2cccc(Cl)c2Cl)ccc1N1CCCC1. The van der Waals surface area contributed by atoms with Gasteiger partial charge in [-0.05, 0) is 49.6 Å². The molecule has 3 N–H and O–H groups in total. The van der Waals surface area contributed by atoms with E-state index in [0.29, 0.717) is 28.5 Å². The van der Waals surface area contributed by atoms with Crippen LogP contribution in [0, 0.1) is 0 Å². The minimum absolute atomic E-state index is 0.143. The lowest BCUT2D eigenvalue weighted by molar-refractivity contribution is 0.0954. The van der Waals surface area contributed by atoms with Gasteiger partial charge in [-0.1, -0.05) is 36.2 Å². The summed E-state index contributed by atoms with van der Waals surface area (Å²) < 4.78 is 0. The zero-order valence-corrected chi connectivity index (χ0v) is 17.7. The van der Waals surface area contributed by atoms with Gasteiger partial charge < -0.3 is 20.9 Å². The fourth-order valence-electron chi connectivity index (χ4n) is 3.25. The molecule has 1 aliphatic rings. The molecule has 6 nitrogen and oxygen atoms in total. The molecule has 0 radical (unpaired) electrons. The highest BCUT2D eigenvalue weighted by Crippen LogP contribution is 2.30. The number of amides is 3. The second-order valence-electron chi connectivity index (χ2n) is 6.86. The molecule has 1 heterocycles. The van der Waals surface area contributed by atoms with Crippen molar-refractivity contribution in [3.8, 4) is 0 Å². The van der Waals surface area contributed by atoms with Crippen LogP contribution in [0.3, 0.4) is 0 Å². The van der Waals surface area contributed by atoms with Gasteiger partial charge in [0.15, 0.2) is 0 Å². The molecule has 1 saturated heterocycles. The molecule has 29 heavy (non-hydrogen) atoms. The van der Waals surface area contributed by atoms with Gasteiger partial charge >= 0.3 is 6.03 Å². The third kappa shape index (κ3) is 5.34. The Labute approximate surface area is 180 Å². The van der Waals surface area contributed by atoms with E-state index in [4.69, 9.17) is 23.2 Å². The van der Waals surface area contributed by atoms with Crippen LogP contribution in [0.25, 0.3) is 0 Å². The molecule has 3 rings (SSSR count). The van der Waals surface area contributed by atoms with E-state index in [-0.39, 0.29) is 10.9 Å². The maximum absolute atomic E-state index is 12.7. The van der Waals surface area contributed by atoms with Gasteiger partial charge in [0, 0.05) is 31.0 Å². The third-order valence-corrected chi connectivity index (χ3v) is 5.50. The number of anilines is 3. The predicted octanol–water partition coefficient (Wildman–Crippen LogP) is 5.38. The molecule has 0 aromatic heterocycles. The number of carbonyl (C=O) groups is 2. The molecule has 0 atom stereocenters. The van der Waals surface area contributed by atoms with Crippen LogP contribution in [-0.4, -0.2) is 31.6 Å². The molecule has 8 heteroatoms. The van der Waals surface area contributed by atoms with Gasteiger partial charge in [-0.3, -0.25) is 4.79 Å². The quantitative estimate of drug-likeness (QED) is 0.571. The van der Waals surface area contributed by atoms with Crippen molar-refractivity contribution < 1.29 is 9.59 Å². The van der Waals surface area contributed by atoms with E-state index in [0.717, 1.165) is 38.0 Å². The number of carbonyl (C=O) groups excluding carboxylic acids is 2. The second-order valence-corrected chi connectivity index (χ2v) is 7.65. The number of rotatable bonds is 6. The lowest BCUT2D eigenvalue weighted by Crippen LogP contribution is -2.28. The highest BCUT2D eigenvalue weighted by molar-refractivity contribution is 6.44. The number of halogens is 2. The van der Waals surface area contributed by atoms with Crippen molar-refractivity contribution in [2.45, 2.75) is 26.2 Å². The van der Waals surface area contributed by atoms with Crippen LogP contribution >= 0.6 is 23.2 Å². The Morgan fingerprint density at radius 2 is 1.83 bits per heavy atom. The first-order chi connectivity index (χ1) is 14.0. The van der Waals surface area contributed by atoms with Crippen LogP contribution in [0.15, 0.2) is 36.4 Å². The van der Waals surface area contributed by atoms with E-state index in [1.807, 2.05) is 13.0 Å². The number of nitrogens with one attached hydrogen (secondary N) is 3. The van der Waals surface area contributed by atoms with Crippen LogP contribution in [0.1, 0.15) is 36.5 Å². The summed E-state index contributed by atoms with van der Waals surface area (Å²) in [5, 5.41) is 8.98. The van der Waals surface area contributed by atoms with Gasteiger partial charge in [-0.15, -0.1) is 0 Å². The summed E-state index contributed by atoms with van der Waals surface area (Å²) in [5.41, 5.74) is 2.37. The zero-order valence-electron chi connectivity index (χ0n) is 16.2. The first-order valence-corrected chi connectivity index (χ1v) is 10.4. The molecule has 154 valence electrons. The number of benzene rings is 2. The molecule has 1 fully saturated rings. The third-order valence-electron chi connectivity index (χ3n) is 4.68. The first kappa shape index (κ1) is 21.3. The summed E-state index contributed by atoms with van der Waals surface area (Å²) >= 11 is 12.1. The lowest BCUT2D eigenvalue weighted by Gasteiger charge is -2.22. The average molecular weight is 435 g/mol. The van der Waals surface area contributed by atoms with E-state index in [9.17, 15) is 9.59 Å². The van der Waals surface area contributed by atoms with E-state index in [2.05, 4.69) is 20.9 Å². The summed E-state index contributed by atoms with van der Waals surface area (Å²) in [6.07, 6.45) is 3.07. The summed E-state index contributed by atoms with van der Waals surface area (Å²) in [4.78, 5) is 27.3. The molecule has 2 aromatic carbocycles. The molecule has 2 aromatic rings. The van der Waals surface area contributed by atoms with Gasteiger partial charge in [-0.25, -0.2) is 4.79 Å². The van der Waals surface area contributed by atoms with Crippen LogP contribution in [0.5, 0.6) is 0 Å². The first-order valence-electron chi connectivity index (χ1n) is 9.68. The topological polar surface area (TPSA) is 73.5 Å². The summed E-state index contributed by atoms with van der Waals surface area (Å²) in [5.74, 6) is -0.143. The maximum atomic E-state index is 12.7. The molecule has 0 bridgehead atoms. The van der Waals surface area contributed by atoms with Crippen LogP contribution < -0.4 is 20.9 Å². The smallest absolute Gasteiger partial charge is 0.323 e. The van der Waals surface area contributed by atoms with Gasteiger partial charge in [0.1, 0.15) is 0 Å². The highest BCUT2D eigenvalue weighted by atomic mass is 35.5. The standard InChI is InChI=1S/C21H24Cl2N4O2/c1-2-10-24-20(28)15-13-14(8-9-18(15)27-11-3-4-12-27)25-21(29)26-17-7-5-6-16(22)19(17)23/h5-9,13H,2-4,10-12H2,1H3,(H,24,28)(H2,25,26,29). The zero-order chi connectivity index (χ0) is 20.8. The van der Waals surface area contributed by atoms with Crippen molar-refractivity contribution in [2.75, 3.05) is 35.2 Å². The monoisotopic (exact) mass is 434 g/mol. The Bertz CT molecular complexity index is 898. The number of nitrogens with zero attached hydrogens (tertiary/aromatic N) is 1. The van der Waals surface area contributed by atoms with E-state index >= 15 is 0 Å². The molecular weight excluding hydrogens is 411 g/mol. The van der Waals surface area contributed by atoms with Crippen molar-refractivity contribution >= 4 is 52.2 Å². The van der Waals surface area contributed by atoms with Gasteiger partial charge in [-0.2, -0.15) is 0 Å². The van der Waals surface area contributed by atoms with Crippen LogP contribution in [0.2, 0.25) is 10.0 Å². The van der Waals surface area contributed by atoms with Crippen LogP contribution in [0.4, 0.5) is 21.9 Å². The van der Waals surface area contributed by atoms with E-state index in [1.54, 1.807) is 30.3 Å². The van der Waals surface area contributed by atoms with Gasteiger partial charge in [0.2, 0.25) is 0 Å². The molecule has 1 aliphatic heterocycles. The Kier molecular flexibility index (Phi) is 7.23. The van der Waals surface area contributed by atoms with Crippen molar-refractivity contribution in [3.05, 3.63) is 52.0 Å². The second kappa shape index (κ2) is 9.85. The Morgan fingerprint density at radius 3 is 2.55 bits per heavy atom. The molecule has 0 unspecified atom stereocenters. The Balaban J connectivity index is 1.79. The van der Waals surface area contributed by atoms with Crippen molar-refractivity contribution in [1.29, 1.82) is 0 Å². The maximum Gasteiger partial charge on any atom is 0.323 e. The van der Waals surface area contributed by atoms with E-state index in [1.165, 1.54) is 0 Å². The minimum atomic E-state index is -0.469. The summed E-state index contributed by atoms with van der Waals surface area (Å²) in [7, 11) is 0. The molecule has 0 spiro atoms. The number of urea groups is 1. The molecule has 0 saturated carbocycles. The van der Waals surface area contributed by atoms with Crippen LogP contribution in [-0.2, 0) is 0 Å². The lowest BCUT2D eigenvalue weighted by atomic mass is 10.1. The largest absolute Gasteiger partial charge is 0.371 e. The fourth-order valence-corrected chi connectivity index (χ4v) is 3.60. The Morgan fingerprint density at radius 1 is 1.07 bits per heavy atom. The number of hydrogen-bond donors (Lipinski definition) is 3. The minimum Gasteiger partial charge on any atom is -0.371 e. The molecule has 3 amide bonds. The Hall–Kier alpha value is -2.44. The van der Waals surface area contributed by atoms with Gasteiger partial charge in [0.05, 0.1) is 21.3 Å². The molecule has 0 aliphatic carbocycles. The number of hydrogen-bond acceptors (Lipinski definition) is 3. The molecular formula is C21H24Cl2N4O2. The van der Waals surface area contributed by atoms with Crippen molar-refractivity contribution in [2.24, 2.45) is 0 Å². The predicted molar refractivity (Wildman–Crippen MR) is 120 cm³/mol. The average Bonchev–Trinajstić information content (AvgIpc) is 3.24. The summed E-state index contributed by atoms with van der Waals surface area (Å²) in [6, 6.07) is 9.92. The normalized spacial score (nSPS) is 13.3. The van der Waals surface area contributed by atoms with Gasteiger partial charge in [0.25, 0.3) is 5.91 Å². The summed E-state index contributed by atoms with van der Waals surface area (Å²) in [6.45, 7) is 4.46.